The topological polar surface area (TPSA) is 78.9 Å². The highest BCUT2D eigenvalue weighted by molar-refractivity contribution is 5.76. The van der Waals surface area contributed by atoms with Gasteiger partial charge in [0.25, 0.3) is 0 Å². The highest BCUT2D eigenvalue weighted by Gasteiger charge is 2.42. The molecular weight excluding hydrogens is 384 g/mol. The molecule has 0 aliphatic carbocycles. The highest BCUT2D eigenvalue weighted by Crippen LogP contribution is 2.34. The number of nitrogens with one attached hydrogen (secondary N) is 1. The van der Waals surface area contributed by atoms with Gasteiger partial charge in [-0.1, -0.05) is 12.1 Å². The first-order valence-corrected chi connectivity index (χ1v) is 8.71. The van der Waals surface area contributed by atoms with Crippen LogP contribution in [-0.4, -0.2) is 60.4 Å². The number of carboxylic acid groups (broad SMARTS) is 1. The Labute approximate surface area is 159 Å². The summed E-state index contributed by atoms with van der Waals surface area (Å²) in [5.41, 5.74) is 1.12. The molecular formula is C18H22F4N2O4. The van der Waals surface area contributed by atoms with Gasteiger partial charge in [0.2, 0.25) is 5.91 Å². The zero-order chi connectivity index (χ0) is 20.9. The standard InChI is InChI=1S/C16H21FN2O2.C2HF3O2/c1-18-16(20)7-14-6-12-9-19(10-15(12)21-14)8-11-2-4-13(17)5-3-11;3-2(4,5)1(6)7/h2-5,12,14-15H,6-10H2,1H3,(H,18,20);(H,6,7)/t12-,14-,15+;/m0./s1. The van der Waals surface area contributed by atoms with Crippen LogP contribution in [0.25, 0.3) is 0 Å². The number of carboxylic acids is 1. The molecule has 2 saturated heterocycles. The van der Waals surface area contributed by atoms with Crippen molar-refractivity contribution in [2.45, 2.75) is 37.8 Å². The van der Waals surface area contributed by atoms with E-state index in [9.17, 15) is 22.4 Å². The van der Waals surface area contributed by atoms with Gasteiger partial charge in [-0.3, -0.25) is 9.69 Å². The molecule has 2 N–H and O–H groups in total. The number of hydrogen-bond donors (Lipinski definition) is 2. The maximum Gasteiger partial charge on any atom is 0.490 e. The molecule has 2 aliphatic rings. The summed E-state index contributed by atoms with van der Waals surface area (Å²) in [6, 6.07) is 6.67. The van der Waals surface area contributed by atoms with E-state index in [2.05, 4.69) is 10.2 Å². The molecule has 0 radical (unpaired) electrons. The molecule has 10 heteroatoms. The minimum absolute atomic E-state index is 0.0446. The van der Waals surface area contributed by atoms with Crippen LogP contribution in [0.1, 0.15) is 18.4 Å². The number of amides is 1. The van der Waals surface area contributed by atoms with E-state index in [1.165, 1.54) is 12.1 Å². The third-order valence-corrected chi connectivity index (χ3v) is 4.64. The van der Waals surface area contributed by atoms with Gasteiger partial charge in [0.15, 0.2) is 0 Å². The number of carbonyl (C=O) groups excluding carboxylic acids is 1. The number of fused-ring (bicyclic) bond motifs is 1. The van der Waals surface area contributed by atoms with Crippen LogP contribution < -0.4 is 5.32 Å². The summed E-state index contributed by atoms with van der Waals surface area (Å²) in [6.07, 6.45) is -3.37. The molecule has 3 rings (SSSR count). The van der Waals surface area contributed by atoms with Crippen LogP contribution in [0.4, 0.5) is 17.6 Å². The molecule has 0 spiro atoms. The maximum atomic E-state index is 12.9. The van der Waals surface area contributed by atoms with E-state index in [4.69, 9.17) is 14.6 Å². The average molecular weight is 406 g/mol. The first-order chi connectivity index (χ1) is 13.1. The summed E-state index contributed by atoms with van der Waals surface area (Å²) in [5.74, 6) is -2.40. The molecule has 0 unspecified atom stereocenters. The highest BCUT2D eigenvalue weighted by atomic mass is 19.4. The number of alkyl halides is 3. The summed E-state index contributed by atoms with van der Waals surface area (Å²) >= 11 is 0. The van der Waals surface area contributed by atoms with Gasteiger partial charge in [-0.2, -0.15) is 13.2 Å². The van der Waals surface area contributed by atoms with Gasteiger partial charge in [0.05, 0.1) is 18.6 Å². The number of nitrogens with zero attached hydrogens (tertiary/aromatic N) is 1. The predicted octanol–water partition coefficient (Wildman–Crippen LogP) is 2.18. The maximum absolute atomic E-state index is 12.9. The third kappa shape index (κ3) is 6.45. The van der Waals surface area contributed by atoms with E-state index in [-0.39, 0.29) is 23.9 Å². The fourth-order valence-corrected chi connectivity index (χ4v) is 3.37. The molecule has 2 heterocycles. The number of likely N-dealkylation sites (tertiary alicyclic amines) is 1. The number of hydrogen-bond acceptors (Lipinski definition) is 4. The quantitative estimate of drug-likeness (QED) is 0.750. The molecule has 1 amide bonds. The van der Waals surface area contributed by atoms with Crippen molar-refractivity contribution in [2.75, 3.05) is 20.1 Å². The van der Waals surface area contributed by atoms with Crippen molar-refractivity contribution < 1.29 is 37.0 Å². The van der Waals surface area contributed by atoms with Crippen molar-refractivity contribution in [3.05, 3.63) is 35.6 Å². The smallest absolute Gasteiger partial charge is 0.475 e. The van der Waals surface area contributed by atoms with Crippen LogP contribution >= 0.6 is 0 Å². The van der Waals surface area contributed by atoms with Crippen LogP contribution in [0.15, 0.2) is 24.3 Å². The average Bonchev–Trinajstić information content (AvgIpc) is 3.14. The van der Waals surface area contributed by atoms with E-state index in [0.717, 1.165) is 31.6 Å². The Morgan fingerprint density at radius 1 is 1.25 bits per heavy atom. The van der Waals surface area contributed by atoms with Crippen LogP contribution in [0.3, 0.4) is 0 Å². The summed E-state index contributed by atoms with van der Waals surface area (Å²) in [5, 5.41) is 9.77. The fraction of sp³-hybridized carbons (Fsp3) is 0.556. The zero-order valence-corrected chi connectivity index (χ0v) is 15.2. The lowest BCUT2D eigenvalue weighted by molar-refractivity contribution is -0.192. The summed E-state index contributed by atoms with van der Waals surface area (Å²) in [4.78, 5) is 22.6. The number of benzene rings is 1. The van der Waals surface area contributed by atoms with Gasteiger partial charge in [0, 0.05) is 32.6 Å². The second-order valence-electron chi connectivity index (χ2n) is 6.79. The van der Waals surface area contributed by atoms with Gasteiger partial charge in [-0.25, -0.2) is 9.18 Å². The second kappa shape index (κ2) is 9.33. The summed E-state index contributed by atoms with van der Waals surface area (Å²) in [6.45, 7) is 2.72. The number of carbonyl (C=O) groups is 2. The van der Waals surface area contributed by atoms with E-state index in [1.807, 2.05) is 12.1 Å². The third-order valence-electron chi connectivity index (χ3n) is 4.64. The lowest BCUT2D eigenvalue weighted by atomic mass is 10.0. The van der Waals surface area contributed by atoms with Crippen molar-refractivity contribution in [1.29, 1.82) is 0 Å². The Balaban J connectivity index is 0.000000345. The van der Waals surface area contributed by atoms with Crippen molar-refractivity contribution in [2.24, 2.45) is 5.92 Å². The molecule has 3 atom stereocenters. The number of aliphatic carboxylic acids is 1. The Kier molecular flexibility index (Phi) is 7.36. The van der Waals surface area contributed by atoms with Gasteiger partial charge >= 0.3 is 12.1 Å². The van der Waals surface area contributed by atoms with Crippen molar-refractivity contribution in [1.82, 2.24) is 10.2 Å². The lowest BCUT2D eigenvalue weighted by Gasteiger charge is -2.19. The van der Waals surface area contributed by atoms with Crippen LogP contribution in [-0.2, 0) is 20.9 Å². The first-order valence-electron chi connectivity index (χ1n) is 8.71. The second-order valence-corrected chi connectivity index (χ2v) is 6.79. The minimum Gasteiger partial charge on any atom is -0.475 e. The zero-order valence-electron chi connectivity index (χ0n) is 15.2. The molecule has 0 bridgehead atoms. The lowest BCUT2D eigenvalue weighted by Crippen LogP contribution is -2.28. The van der Waals surface area contributed by atoms with Gasteiger partial charge in [-0.15, -0.1) is 0 Å². The molecule has 156 valence electrons. The number of ether oxygens (including phenoxy) is 1. The first kappa shape index (κ1) is 22.1. The molecule has 28 heavy (non-hydrogen) atoms. The number of rotatable bonds is 4. The van der Waals surface area contributed by atoms with Crippen molar-refractivity contribution >= 4 is 11.9 Å². The molecule has 0 aromatic heterocycles. The molecule has 2 fully saturated rings. The van der Waals surface area contributed by atoms with E-state index in [1.54, 1.807) is 7.05 Å². The van der Waals surface area contributed by atoms with Crippen molar-refractivity contribution in [3.63, 3.8) is 0 Å². The Hall–Kier alpha value is -2.20. The SMILES string of the molecule is CNC(=O)C[C@@H]1C[C@H]2CN(Cc3ccc(F)cc3)C[C@H]2O1.O=C(O)C(F)(F)F. The Morgan fingerprint density at radius 3 is 2.36 bits per heavy atom. The molecule has 1 aromatic rings. The molecule has 1 aromatic carbocycles. The van der Waals surface area contributed by atoms with E-state index < -0.39 is 12.1 Å². The van der Waals surface area contributed by atoms with Gasteiger partial charge in [0.1, 0.15) is 5.82 Å². The molecule has 2 aliphatic heterocycles. The largest absolute Gasteiger partial charge is 0.490 e. The summed E-state index contributed by atoms with van der Waals surface area (Å²) in [7, 11) is 1.66. The van der Waals surface area contributed by atoms with Gasteiger partial charge < -0.3 is 15.2 Å². The Morgan fingerprint density at radius 2 is 1.86 bits per heavy atom. The van der Waals surface area contributed by atoms with Crippen LogP contribution in [0, 0.1) is 11.7 Å². The monoisotopic (exact) mass is 406 g/mol. The predicted molar refractivity (Wildman–Crippen MR) is 90.8 cm³/mol. The summed E-state index contributed by atoms with van der Waals surface area (Å²) < 4.78 is 50.6. The fourth-order valence-electron chi connectivity index (χ4n) is 3.37. The van der Waals surface area contributed by atoms with Gasteiger partial charge in [-0.05, 0) is 24.1 Å². The number of halogens is 4. The molecule has 0 saturated carbocycles. The van der Waals surface area contributed by atoms with Crippen LogP contribution in [0.5, 0.6) is 0 Å². The van der Waals surface area contributed by atoms with E-state index >= 15 is 0 Å². The van der Waals surface area contributed by atoms with Crippen molar-refractivity contribution in [3.8, 4) is 0 Å². The molecule has 6 nitrogen and oxygen atoms in total. The minimum atomic E-state index is -5.08. The van der Waals surface area contributed by atoms with Crippen LogP contribution in [0.2, 0.25) is 0 Å². The Bertz CT molecular complexity index is 667. The normalized spacial score (nSPS) is 24.2. The van der Waals surface area contributed by atoms with E-state index in [0.29, 0.717) is 12.3 Å².